The van der Waals surface area contributed by atoms with Gasteiger partial charge in [0.1, 0.15) is 5.82 Å². The number of amides is 1. The van der Waals surface area contributed by atoms with Crippen LogP contribution in [0.3, 0.4) is 0 Å². The van der Waals surface area contributed by atoms with Crippen molar-refractivity contribution in [3.05, 3.63) is 35.0 Å². The van der Waals surface area contributed by atoms with Gasteiger partial charge in [0, 0.05) is 16.9 Å². The zero-order chi connectivity index (χ0) is 17.0. The second kappa shape index (κ2) is 7.32. The lowest BCUT2D eigenvalue weighted by molar-refractivity contribution is -0.136. The van der Waals surface area contributed by atoms with Gasteiger partial charge < -0.3 is 10.4 Å². The van der Waals surface area contributed by atoms with Crippen molar-refractivity contribution in [3.63, 3.8) is 0 Å². The second-order valence-corrected chi connectivity index (χ2v) is 6.60. The monoisotopic (exact) mass is 336 g/mol. The molecule has 2 aromatic rings. The SMILES string of the molecule is CC(C)CC(=O)Nc1nc(-c2ccc(F)cc2)c(CC(=O)O)s1. The number of carboxylic acids is 1. The smallest absolute Gasteiger partial charge is 0.308 e. The maximum absolute atomic E-state index is 13.0. The van der Waals surface area contributed by atoms with E-state index in [2.05, 4.69) is 10.3 Å². The molecule has 0 fully saturated rings. The number of anilines is 1. The molecule has 0 bridgehead atoms. The minimum Gasteiger partial charge on any atom is -0.481 e. The predicted molar refractivity (Wildman–Crippen MR) is 86.9 cm³/mol. The zero-order valence-corrected chi connectivity index (χ0v) is 13.6. The molecule has 1 aromatic carbocycles. The molecule has 0 aliphatic rings. The van der Waals surface area contributed by atoms with Gasteiger partial charge in [-0.05, 0) is 30.2 Å². The normalized spacial score (nSPS) is 10.8. The van der Waals surface area contributed by atoms with E-state index in [1.807, 2.05) is 13.8 Å². The summed E-state index contributed by atoms with van der Waals surface area (Å²) in [5.41, 5.74) is 1.07. The van der Waals surface area contributed by atoms with Gasteiger partial charge >= 0.3 is 5.97 Å². The van der Waals surface area contributed by atoms with E-state index in [4.69, 9.17) is 5.11 Å². The molecular weight excluding hydrogens is 319 g/mol. The first-order valence-electron chi connectivity index (χ1n) is 7.12. The first kappa shape index (κ1) is 17.1. The Hall–Kier alpha value is -2.28. The molecule has 7 heteroatoms. The topological polar surface area (TPSA) is 79.3 Å². The Bertz CT molecular complexity index is 711. The summed E-state index contributed by atoms with van der Waals surface area (Å²) in [7, 11) is 0. The van der Waals surface area contributed by atoms with E-state index < -0.39 is 5.97 Å². The molecule has 0 saturated carbocycles. The molecule has 0 aliphatic carbocycles. The Morgan fingerprint density at radius 3 is 2.52 bits per heavy atom. The van der Waals surface area contributed by atoms with Crippen molar-refractivity contribution in [1.29, 1.82) is 0 Å². The molecule has 0 aliphatic heterocycles. The summed E-state index contributed by atoms with van der Waals surface area (Å²) in [6, 6.07) is 5.65. The number of hydrogen-bond acceptors (Lipinski definition) is 4. The fourth-order valence-corrected chi connectivity index (χ4v) is 3.03. The van der Waals surface area contributed by atoms with Gasteiger partial charge in [-0.1, -0.05) is 13.8 Å². The number of carboxylic acid groups (broad SMARTS) is 1. The van der Waals surface area contributed by atoms with Crippen LogP contribution in [0, 0.1) is 11.7 Å². The number of aliphatic carboxylic acids is 1. The molecule has 0 spiro atoms. The Kier molecular flexibility index (Phi) is 5.44. The van der Waals surface area contributed by atoms with Crippen molar-refractivity contribution in [2.45, 2.75) is 26.7 Å². The summed E-state index contributed by atoms with van der Waals surface area (Å²) in [6.45, 7) is 3.86. The summed E-state index contributed by atoms with van der Waals surface area (Å²) in [4.78, 5) is 27.7. The molecule has 1 aromatic heterocycles. The molecule has 23 heavy (non-hydrogen) atoms. The number of rotatable bonds is 6. The minimum atomic E-state index is -0.989. The number of nitrogens with one attached hydrogen (secondary N) is 1. The van der Waals surface area contributed by atoms with E-state index in [-0.39, 0.29) is 24.1 Å². The van der Waals surface area contributed by atoms with E-state index in [1.54, 1.807) is 0 Å². The van der Waals surface area contributed by atoms with E-state index >= 15 is 0 Å². The van der Waals surface area contributed by atoms with E-state index in [0.29, 0.717) is 27.7 Å². The molecule has 5 nitrogen and oxygen atoms in total. The summed E-state index contributed by atoms with van der Waals surface area (Å²) in [5.74, 6) is -1.32. The highest BCUT2D eigenvalue weighted by Crippen LogP contribution is 2.32. The van der Waals surface area contributed by atoms with E-state index in [0.717, 1.165) is 11.3 Å². The number of benzene rings is 1. The maximum Gasteiger partial charge on any atom is 0.308 e. The van der Waals surface area contributed by atoms with Crippen LogP contribution < -0.4 is 5.32 Å². The van der Waals surface area contributed by atoms with Gasteiger partial charge in [-0.15, -0.1) is 11.3 Å². The van der Waals surface area contributed by atoms with Crippen LogP contribution in [0.15, 0.2) is 24.3 Å². The average Bonchev–Trinajstić information content (AvgIpc) is 2.80. The Morgan fingerprint density at radius 2 is 1.96 bits per heavy atom. The highest BCUT2D eigenvalue weighted by Gasteiger charge is 2.17. The van der Waals surface area contributed by atoms with Crippen LogP contribution in [0.2, 0.25) is 0 Å². The third kappa shape index (κ3) is 4.85. The minimum absolute atomic E-state index is 0.165. The van der Waals surface area contributed by atoms with Crippen LogP contribution in [-0.2, 0) is 16.0 Å². The first-order valence-corrected chi connectivity index (χ1v) is 7.94. The Balaban J connectivity index is 2.30. The van der Waals surface area contributed by atoms with Crippen molar-refractivity contribution < 1.29 is 19.1 Å². The third-order valence-corrected chi connectivity index (χ3v) is 3.94. The standard InChI is InChI=1S/C16H17FN2O3S/c1-9(2)7-13(20)18-16-19-15(12(23-16)8-14(21)22)10-3-5-11(17)6-4-10/h3-6,9H,7-8H2,1-2H3,(H,21,22)(H,18,19,20). The fraction of sp³-hybridized carbons (Fsp3) is 0.312. The molecule has 0 atom stereocenters. The van der Waals surface area contributed by atoms with Crippen LogP contribution >= 0.6 is 11.3 Å². The number of aromatic nitrogens is 1. The second-order valence-electron chi connectivity index (χ2n) is 5.51. The highest BCUT2D eigenvalue weighted by atomic mass is 32.1. The number of thiazole rings is 1. The molecule has 2 rings (SSSR count). The number of carbonyl (C=O) groups is 2. The molecule has 1 amide bonds. The van der Waals surface area contributed by atoms with Gasteiger partial charge in [0.15, 0.2) is 5.13 Å². The van der Waals surface area contributed by atoms with Gasteiger partial charge in [-0.3, -0.25) is 9.59 Å². The van der Waals surface area contributed by atoms with Crippen LogP contribution in [0.5, 0.6) is 0 Å². The van der Waals surface area contributed by atoms with Crippen molar-refractivity contribution in [3.8, 4) is 11.3 Å². The van der Waals surface area contributed by atoms with Crippen molar-refractivity contribution in [2.75, 3.05) is 5.32 Å². The summed E-state index contributed by atoms with van der Waals surface area (Å²) in [6.07, 6.45) is 0.157. The van der Waals surface area contributed by atoms with Crippen molar-refractivity contribution >= 4 is 28.3 Å². The summed E-state index contributed by atoms with van der Waals surface area (Å²) in [5, 5.41) is 12.1. The fourth-order valence-electron chi connectivity index (χ4n) is 2.04. The lowest BCUT2D eigenvalue weighted by atomic mass is 10.1. The van der Waals surface area contributed by atoms with Crippen LogP contribution in [0.4, 0.5) is 9.52 Å². The zero-order valence-electron chi connectivity index (χ0n) is 12.8. The largest absolute Gasteiger partial charge is 0.481 e. The first-order chi connectivity index (χ1) is 10.8. The third-order valence-electron chi connectivity index (χ3n) is 2.97. The maximum atomic E-state index is 13.0. The predicted octanol–water partition coefficient (Wildman–Crippen LogP) is 3.56. The lowest BCUT2D eigenvalue weighted by Crippen LogP contribution is -2.13. The molecular formula is C16H17FN2O3S. The lowest BCUT2D eigenvalue weighted by Gasteiger charge is -2.03. The van der Waals surface area contributed by atoms with Crippen LogP contribution in [0.1, 0.15) is 25.1 Å². The highest BCUT2D eigenvalue weighted by molar-refractivity contribution is 7.16. The molecule has 2 N–H and O–H groups in total. The van der Waals surface area contributed by atoms with Gasteiger partial charge in [0.25, 0.3) is 0 Å². The molecule has 122 valence electrons. The van der Waals surface area contributed by atoms with E-state index in [1.165, 1.54) is 24.3 Å². The van der Waals surface area contributed by atoms with Crippen LogP contribution in [0.25, 0.3) is 11.3 Å². The molecule has 1 heterocycles. The average molecular weight is 336 g/mol. The van der Waals surface area contributed by atoms with E-state index in [9.17, 15) is 14.0 Å². The Morgan fingerprint density at radius 1 is 1.30 bits per heavy atom. The van der Waals surface area contributed by atoms with Gasteiger partial charge in [0.2, 0.25) is 5.91 Å². The number of carbonyl (C=O) groups excluding carboxylic acids is 1. The van der Waals surface area contributed by atoms with Crippen molar-refractivity contribution in [2.24, 2.45) is 5.92 Å². The van der Waals surface area contributed by atoms with Gasteiger partial charge in [-0.2, -0.15) is 0 Å². The Labute approximate surface area is 137 Å². The van der Waals surface area contributed by atoms with Gasteiger partial charge in [-0.25, -0.2) is 9.37 Å². The molecule has 0 unspecified atom stereocenters. The summed E-state index contributed by atoms with van der Waals surface area (Å²) < 4.78 is 13.0. The number of hydrogen-bond donors (Lipinski definition) is 2. The number of nitrogens with zero attached hydrogens (tertiary/aromatic N) is 1. The number of halogens is 1. The van der Waals surface area contributed by atoms with Crippen molar-refractivity contribution in [1.82, 2.24) is 4.98 Å². The summed E-state index contributed by atoms with van der Waals surface area (Å²) >= 11 is 1.12. The van der Waals surface area contributed by atoms with Gasteiger partial charge in [0.05, 0.1) is 12.1 Å². The quantitative estimate of drug-likeness (QED) is 0.845. The molecule has 0 radical (unpaired) electrons. The van der Waals surface area contributed by atoms with Crippen LogP contribution in [-0.4, -0.2) is 22.0 Å². The molecule has 0 saturated heterocycles.